The van der Waals surface area contributed by atoms with Crippen molar-refractivity contribution in [3.8, 4) is 11.5 Å². The molecule has 2 aromatic carbocycles. The molecule has 27 heavy (non-hydrogen) atoms. The molecule has 2 aromatic rings. The van der Waals surface area contributed by atoms with Gasteiger partial charge in [0.2, 0.25) is 10.0 Å². The first-order valence-electron chi connectivity index (χ1n) is 8.53. The van der Waals surface area contributed by atoms with Crippen LogP contribution in [-0.4, -0.2) is 43.8 Å². The van der Waals surface area contributed by atoms with Crippen LogP contribution in [0.2, 0.25) is 0 Å². The lowest BCUT2D eigenvalue weighted by molar-refractivity contribution is -0.385. The van der Waals surface area contributed by atoms with E-state index in [1.165, 1.54) is 16.4 Å². The Bertz CT molecular complexity index is 949. The molecular formula is C18H21N3O5S. The summed E-state index contributed by atoms with van der Waals surface area (Å²) in [4.78, 5) is 10.4. The van der Waals surface area contributed by atoms with E-state index in [2.05, 4.69) is 5.32 Å². The van der Waals surface area contributed by atoms with Crippen LogP contribution in [0.3, 0.4) is 0 Å². The number of hydrogen-bond acceptors (Lipinski definition) is 6. The first kappa shape index (κ1) is 19.3. The normalized spacial score (nSPS) is 15.5. The molecule has 0 radical (unpaired) electrons. The summed E-state index contributed by atoms with van der Waals surface area (Å²) in [5.74, 6) is 0.558. The maximum absolute atomic E-state index is 13.1. The lowest BCUT2D eigenvalue weighted by Crippen LogP contribution is -2.46. The second-order valence-corrected chi connectivity index (χ2v) is 8.37. The predicted octanol–water partition coefficient (Wildman–Crippen LogP) is 2.60. The van der Waals surface area contributed by atoms with Crippen LogP contribution < -0.4 is 10.1 Å². The van der Waals surface area contributed by atoms with Crippen LogP contribution in [0.25, 0.3) is 0 Å². The molecule has 0 spiro atoms. The van der Waals surface area contributed by atoms with Gasteiger partial charge in [-0.2, -0.15) is 4.31 Å². The molecule has 3 rings (SSSR count). The Kier molecular flexibility index (Phi) is 5.45. The van der Waals surface area contributed by atoms with Gasteiger partial charge in [0.1, 0.15) is 16.4 Å². The van der Waals surface area contributed by atoms with E-state index >= 15 is 0 Å². The molecule has 9 heteroatoms. The second kappa shape index (κ2) is 7.63. The summed E-state index contributed by atoms with van der Waals surface area (Å²) in [5, 5.41) is 14.3. The van der Waals surface area contributed by atoms with Crippen molar-refractivity contribution in [3.05, 3.63) is 57.6 Å². The standard InChI is InChI=1S/C18H21N3O5S/c1-13-9-14(2)11-16(10-13)26-17-4-3-15(21(22)23)12-18(17)27(24,25)20-7-5-19-6-8-20/h3-4,9-12,19H,5-8H2,1-2H3. The van der Waals surface area contributed by atoms with Crippen molar-refractivity contribution >= 4 is 15.7 Å². The SMILES string of the molecule is Cc1cc(C)cc(Oc2ccc([N+](=O)[O-])cc2S(=O)(=O)N2CCNCC2)c1. The summed E-state index contributed by atoms with van der Waals surface area (Å²) >= 11 is 0. The number of nitrogens with zero attached hydrogens (tertiary/aromatic N) is 2. The lowest BCUT2D eigenvalue weighted by Gasteiger charge is -2.27. The minimum atomic E-state index is -3.93. The third-order valence-electron chi connectivity index (χ3n) is 4.25. The molecule has 0 unspecified atom stereocenters. The third kappa shape index (κ3) is 4.26. The van der Waals surface area contributed by atoms with Crippen LogP contribution in [0.4, 0.5) is 5.69 Å². The topological polar surface area (TPSA) is 102 Å². The van der Waals surface area contributed by atoms with Crippen molar-refractivity contribution in [2.45, 2.75) is 18.7 Å². The van der Waals surface area contributed by atoms with E-state index in [1.807, 2.05) is 19.9 Å². The maximum atomic E-state index is 13.1. The number of non-ortho nitro benzene ring substituents is 1. The molecule has 0 saturated carbocycles. The van der Waals surface area contributed by atoms with E-state index in [0.29, 0.717) is 31.9 Å². The Morgan fingerprint density at radius 3 is 2.30 bits per heavy atom. The molecule has 0 atom stereocenters. The van der Waals surface area contributed by atoms with Gasteiger partial charge in [0.05, 0.1) is 4.92 Å². The highest BCUT2D eigenvalue weighted by Gasteiger charge is 2.31. The first-order valence-corrected chi connectivity index (χ1v) is 9.97. The molecule has 0 aromatic heterocycles. The fourth-order valence-corrected chi connectivity index (χ4v) is 4.61. The van der Waals surface area contributed by atoms with Gasteiger partial charge in [0.15, 0.2) is 0 Å². The van der Waals surface area contributed by atoms with Crippen molar-refractivity contribution in [2.75, 3.05) is 26.2 Å². The summed E-state index contributed by atoms with van der Waals surface area (Å²) in [6, 6.07) is 9.20. The molecule has 1 fully saturated rings. The largest absolute Gasteiger partial charge is 0.456 e. The first-order chi connectivity index (χ1) is 12.8. The Morgan fingerprint density at radius 2 is 1.70 bits per heavy atom. The molecule has 144 valence electrons. The van der Waals surface area contributed by atoms with Gasteiger partial charge in [-0.1, -0.05) is 6.07 Å². The average molecular weight is 391 g/mol. The van der Waals surface area contributed by atoms with E-state index in [-0.39, 0.29) is 16.3 Å². The number of nitrogens with one attached hydrogen (secondary N) is 1. The number of benzene rings is 2. The third-order valence-corrected chi connectivity index (χ3v) is 6.17. The minimum Gasteiger partial charge on any atom is -0.456 e. The second-order valence-electron chi connectivity index (χ2n) is 6.47. The van der Waals surface area contributed by atoms with Crippen LogP contribution in [0.1, 0.15) is 11.1 Å². The van der Waals surface area contributed by atoms with Crippen molar-refractivity contribution in [1.82, 2.24) is 9.62 Å². The Morgan fingerprint density at radius 1 is 1.07 bits per heavy atom. The van der Waals surface area contributed by atoms with Gasteiger partial charge in [-0.15, -0.1) is 0 Å². The van der Waals surface area contributed by atoms with Gasteiger partial charge < -0.3 is 10.1 Å². The minimum absolute atomic E-state index is 0.0733. The van der Waals surface area contributed by atoms with E-state index in [1.54, 1.807) is 12.1 Å². The number of aryl methyl sites for hydroxylation is 2. The van der Waals surface area contributed by atoms with Crippen molar-refractivity contribution in [2.24, 2.45) is 0 Å². The zero-order chi connectivity index (χ0) is 19.6. The molecule has 8 nitrogen and oxygen atoms in total. The summed E-state index contributed by atoms with van der Waals surface area (Å²) in [7, 11) is -3.93. The van der Waals surface area contributed by atoms with Gasteiger partial charge in [0.25, 0.3) is 5.69 Å². The van der Waals surface area contributed by atoms with Gasteiger partial charge in [0, 0.05) is 38.3 Å². The van der Waals surface area contributed by atoms with Crippen molar-refractivity contribution < 1.29 is 18.1 Å². The number of nitro groups is 1. The molecule has 1 aliphatic rings. The van der Waals surface area contributed by atoms with Crippen LogP contribution in [0, 0.1) is 24.0 Å². The zero-order valence-corrected chi connectivity index (χ0v) is 16.0. The van der Waals surface area contributed by atoms with E-state index < -0.39 is 14.9 Å². The van der Waals surface area contributed by atoms with E-state index in [0.717, 1.165) is 17.2 Å². The molecular weight excluding hydrogens is 370 g/mol. The zero-order valence-electron chi connectivity index (χ0n) is 15.1. The highest BCUT2D eigenvalue weighted by Crippen LogP contribution is 2.34. The fraction of sp³-hybridized carbons (Fsp3) is 0.333. The Hall–Kier alpha value is -2.49. The molecule has 0 amide bonds. The predicted molar refractivity (Wildman–Crippen MR) is 101 cm³/mol. The average Bonchev–Trinajstić information content (AvgIpc) is 2.61. The number of hydrogen-bond donors (Lipinski definition) is 1. The van der Waals surface area contributed by atoms with Gasteiger partial charge >= 0.3 is 0 Å². The summed E-state index contributed by atoms with van der Waals surface area (Å²) in [6.45, 7) is 5.48. The molecule has 0 bridgehead atoms. The summed E-state index contributed by atoms with van der Waals surface area (Å²) < 4.78 is 33.4. The molecule has 1 N–H and O–H groups in total. The molecule has 1 aliphatic heterocycles. The highest BCUT2D eigenvalue weighted by molar-refractivity contribution is 7.89. The Balaban J connectivity index is 2.06. The smallest absolute Gasteiger partial charge is 0.271 e. The van der Waals surface area contributed by atoms with E-state index in [9.17, 15) is 18.5 Å². The number of ether oxygens (including phenoxy) is 1. The number of nitro benzene ring substituents is 1. The van der Waals surface area contributed by atoms with Gasteiger partial charge in [-0.05, 0) is 43.2 Å². The van der Waals surface area contributed by atoms with Crippen LogP contribution >= 0.6 is 0 Å². The lowest BCUT2D eigenvalue weighted by atomic mass is 10.1. The van der Waals surface area contributed by atoms with E-state index in [4.69, 9.17) is 4.74 Å². The quantitative estimate of drug-likeness (QED) is 0.621. The molecule has 1 heterocycles. The van der Waals surface area contributed by atoms with Crippen molar-refractivity contribution in [3.63, 3.8) is 0 Å². The maximum Gasteiger partial charge on any atom is 0.271 e. The number of piperazine rings is 1. The highest BCUT2D eigenvalue weighted by atomic mass is 32.2. The number of rotatable bonds is 5. The van der Waals surface area contributed by atoms with Gasteiger partial charge in [-0.25, -0.2) is 8.42 Å². The monoisotopic (exact) mass is 391 g/mol. The summed E-state index contributed by atoms with van der Waals surface area (Å²) in [5.41, 5.74) is 1.65. The summed E-state index contributed by atoms with van der Waals surface area (Å²) in [6.07, 6.45) is 0. The fourth-order valence-electron chi connectivity index (χ4n) is 3.04. The van der Waals surface area contributed by atoms with Crippen LogP contribution in [0.15, 0.2) is 41.3 Å². The van der Waals surface area contributed by atoms with Crippen molar-refractivity contribution in [1.29, 1.82) is 0 Å². The van der Waals surface area contributed by atoms with Crippen LogP contribution in [0.5, 0.6) is 11.5 Å². The van der Waals surface area contributed by atoms with Crippen LogP contribution in [-0.2, 0) is 10.0 Å². The number of sulfonamides is 1. The molecule has 0 aliphatic carbocycles. The Labute approximate surface area is 158 Å². The van der Waals surface area contributed by atoms with Gasteiger partial charge in [-0.3, -0.25) is 10.1 Å². The molecule has 1 saturated heterocycles.